The Labute approximate surface area is 158 Å². The van der Waals surface area contributed by atoms with Crippen molar-refractivity contribution in [3.05, 3.63) is 57.4 Å². The lowest BCUT2D eigenvalue weighted by Crippen LogP contribution is -2.51. The molecule has 1 aromatic carbocycles. The number of carboxylic acids is 1. The highest BCUT2D eigenvalue weighted by molar-refractivity contribution is 6.33. The minimum absolute atomic E-state index is 0.00886. The molecule has 1 saturated heterocycles. The Bertz CT molecular complexity index is 1030. The zero-order valence-corrected chi connectivity index (χ0v) is 15.0. The van der Waals surface area contributed by atoms with E-state index < -0.39 is 23.8 Å². The van der Waals surface area contributed by atoms with E-state index in [-0.39, 0.29) is 16.2 Å². The van der Waals surface area contributed by atoms with E-state index in [0.717, 1.165) is 5.69 Å². The standard InChI is InChI=1S/C18H14ClN3O5/c1-8-5-10(6-13-15(23)20-18(27)21-16(13)24)9(2)22(8)11-3-4-12(17(25)26)14(19)7-11/h3-7H,1-2H3,(H,25,26)(H2,20,21,23,24,27). The van der Waals surface area contributed by atoms with Crippen molar-refractivity contribution in [1.82, 2.24) is 15.2 Å². The topological polar surface area (TPSA) is 118 Å². The van der Waals surface area contributed by atoms with Gasteiger partial charge in [0.15, 0.2) is 0 Å². The molecular formula is C18H14ClN3O5. The molecule has 0 atom stereocenters. The summed E-state index contributed by atoms with van der Waals surface area (Å²) in [5.74, 6) is -2.67. The number of imide groups is 2. The molecule has 3 N–H and O–H groups in total. The molecule has 1 aliphatic rings. The maximum absolute atomic E-state index is 11.9. The van der Waals surface area contributed by atoms with Crippen LogP contribution in [0.2, 0.25) is 5.02 Å². The number of urea groups is 1. The van der Waals surface area contributed by atoms with Crippen LogP contribution in [0.4, 0.5) is 4.79 Å². The number of nitrogens with zero attached hydrogens (tertiary/aromatic N) is 1. The highest BCUT2D eigenvalue weighted by atomic mass is 35.5. The second-order valence-corrected chi connectivity index (χ2v) is 6.33. The number of carbonyl (C=O) groups excluding carboxylic acids is 3. The summed E-state index contributed by atoms with van der Waals surface area (Å²) in [6, 6.07) is 5.45. The van der Waals surface area contributed by atoms with Gasteiger partial charge in [0.05, 0.1) is 10.6 Å². The summed E-state index contributed by atoms with van der Waals surface area (Å²) in [5.41, 5.74) is 2.53. The number of hydrogen-bond acceptors (Lipinski definition) is 4. The van der Waals surface area contributed by atoms with Gasteiger partial charge < -0.3 is 9.67 Å². The van der Waals surface area contributed by atoms with E-state index >= 15 is 0 Å². The zero-order chi connectivity index (χ0) is 19.9. The van der Waals surface area contributed by atoms with Crippen molar-refractivity contribution >= 4 is 41.5 Å². The maximum atomic E-state index is 11.9. The van der Waals surface area contributed by atoms with Crippen LogP contribution in [0.1, 0.15) is 27.3 Å². The highest BCUT2D eigenvalue weighted by Gasteiger charge is 2.28. The molecule has 0 saturated carbocycles. The number of hydrogen-bond donors (Lipinski definition) is 3. The van der Waals surface area contributed by atoms with E-state index in [1.165, 1.54) is 18.2 Å². The van der Waals surface area contributed by atoms with Crippen molar-refractivity contribution in [2.45, 2.75) is 13.8 Å². The van der Waals surface area contributed by atoms with Gasteiger partial charge in [0.25, 0.3) is 11.8 Å². The van der Waals surface area contributed by atoms with Crippen LogP contribution in [0.15, 0.2) is 29.8 Å². The minimum atomic E-state index is -1.12. The van der Waals surface area contributed by atoms with Crippen molar-refractivity contribution in [2.24, 2.45) is 0 Å². The molecule has 1 aromatic heterocycles. The quantitative estimate of drug-likeness (QED) is 0.551. The molecule has 9 heteroatoms. The summed E-state index contributed by atoms with van der Waals surface area (Å²) in [6.07, 6.45) is 1.39. The van der Waals surface area contributed by atoms with Crippen LogP contribution >= 0.6 is 11.6 Å². The molecule has 2 heterocycles. The van der Waals surface area contributed by atoms with E-state index in [0.29, 0.717) is 16.9 Å². The predicted molar refractivity (Wildman–Crippen MR) is 96.9 cm³/mol. The van der Waals surface area contributed by atoms with Gasteiger partial charge in [-0.15, -0.1) is 0 Å². The van der Waals surface area contributed by atoms with Gasteiger partial charge in [0.1, 0.15) is 5.57 Å². The smallest absolute Gasteiger partial charge is 0.337 e. The molecule has 0 aliphatic carbocycles. The third kappa shape index (κ3) is 3.34. The number of aryl methyl sites for hydroxylation is 1. The van der Waals surface area contributed by atoms with Crippen molar-refractivity contribution in [1.29, 1.82) is 0 Å². The molecule has 0 unspecified atom stereocenters. The average Bonchev–Trinajstić information content (AvgIpc) is 2.84. The van der Waals surface area contributed by atoms with Crippen molar-refractivity contribution in [3.63, 3.8) is 0 Å². The van der Waals surface area contributed by atoms with Crippen LogP contribution < -0.4 is 10.6 Å². The summed E-state index contributed by atoms with van der Waals surface area (Å²) in [5, 5.41) is 13.2. The normalized spacial score (nSPS) is 14.0. The first kappa shape index (κ1) is 18.4. The molecule has 0 radical (unpaired) electrons. The van der Waals surface area contributed by atoms with Crippen LogP contribution in [-0.4, -0.2) is 33.5 Å². The molecule has 3 rings (SSSR count). The van der Waals surface area contributed by atoms with Gasteiger partial charge in [0, 0.05) is 17.1 Å². The summed E-state index contributed by atoms with van der Waals surface area (Å²) in [4.78, 5) is 46.1. The zero-order valence-electron chi connectivity index (χ0n) is 14.3. The number of carbonyl (C=O) groups is 4. The molecule has 27 heavy (non-hydrogen) atoms. The van der Waals surface area contributed by atoms with Gasteiger partial charge in [-0.1, -0.05) is 11.6 Å². The van der Waals surface area contributed by atoms with Gasteiger partial charge in [-0.2, -0.15) is 0 Å². The Kier molecular flexibility index (Phi) is 4.59. The van der Waals surface area contributed by atoms with Gasteiger partial charge in [-0.25, -0.2) is 9.59 Å². The molecule has 4 amide bonds. The van der Waals surface area contributed by atoms with E-state index in [1.54, 1.807) is 19.1 Å². The molecule has 138 valence electrons. The number of aromatic carboxylic acids is 1. The molecular weight excluding hydrogens is 374 g/mol. The first-order valence-corrected chi connectivity index (χ1v) is 8.17. The van der Waals surface area contributed by atoms with Gasteiger partial charge in [-0.3, -0.25) is 20.2 Å². The van der Waals surface area contributed by atoms with Crippen molar-refractivity contribution in [3.8, 4) is 5.69 Å². The molecule has 1 aliphatic heterocycles. The molecule has 2 aromatic rings. The maximum Gasteiger partial charge on any atom is 0.337 e. The van der Waals surface area contributed by atoms with Gasteiger partial charge >= 0.3 is 12.0 Å². The van der Waals surface area contributed by atoms with E-state index in [2.05, 4.69) is 0 Å². The second kappa shape index (κ2) is 6.73. The van der Waals surface area contributed by atoms with E-state index in [9.17, 15) is 19.2 Å². The lowest BCUT2D eigenvalue weighted by molar-refractivity contribution is -0.123. The number of aromatic nitrogens is 1. The summed E-state index contributed by atoms with van der Waals surface area (Å²) in [6.45, 7) is 3.60. The van der Waals surface area contributed by atoms with Crippen LogP contribution in [0.25, 0.3) is 11.8 Å². The third-order valence-corrected chi connectivity index (χ3v) is 4.47. The first-order valence-electron chi connectivity index (χ1n) is 7.79. The number of amides is 4. The van der Waals surface area contributed by atoms with Crippen LogP contribution in [0, 0.1) is 13.8 Å². The third-order valence-electron chi connectivity index (χ3n) is 4.15. The fourth-order valence-corrected chi connectivity index (χ4v) is 3.17. The Morgan fingerprint density at radius 1 is 1.11 bits per heavy atom. The number of halogens is 1. The second-order valence-electron chi connectivity index (χ2n) is 5.93. The van der Waals surface area contributed by atoms with Crippen LogP contribution in [-0.2, 0) is 9.59 Å². The molecule has 1 fully saturated rings. The molecule has 0 bridgehead atoms. The summed E-state index contributed by atoms with van der Waals surface area (Å²) >= 11 is 6.05. The number of rotatable bonds is 3. The lowest BCUT2D eigenvalue weighted by Gasteiger charge is -2.14. The first-order chi connectivity index (χ1) is 12.7. The number of carboxylic acid groups (broad SMARTS) is 1. The summed E-state index contributed by atoms with van der Waals surface area (Å²) < 4.78 is 1.81. The molecule has 0 spiro atoms. The Hall–Kier alpha value is -3.39. The summed E-state index contributed by atoms with van der Waals surface area (Å²) in [7, 11) is 0. The number of nitrogens with one attached hydrogen (secondary N) is 2. The van der Waals surface area contributed by atoms with Crippen LogP contribution in [0.5, 0.6) is 0 Å². The number of benzene rings is 1. The van der Waals surface area contributed by atoms with Gasteiger partial charge in [0.2, 0.25) is 0 Å². The van der Waals surface area contributed by atoms with E-state index in [1.807, 2.05) is 22.1 Å². The van der Waals surface area contributed by atoms with Crippen LogP contribution in [0.3, 0.4) is 0 Å². The van der Waals surface area contributed by atoms with Crippen molar-refractivity contribution < 1.29 is 24.3 Å². The largest absolute Gasteiger partial charge is 0.478 e. The van der Waals surface area contributed by atoms with Gasteiger partial charge in [-0.05, 0) is 49.8 Å². The average molecular weight is 388 g/mol. The Balaban J connectivity index is 2.06. The Morgan fingerprint density at radius 2 is 1.74 bits per heavy atom. The highest BCUT2D eigenvalue weighted by Crippen LogP contribution is 2.26. The monoisotopic (exact) mass is 387 g/mol. The molecule has 8 nitrogen and oxygen atoms in total. The van der Waals surface area contributed by atoms with Crippen molar-refractivity contribution in [2.75, 3.05) is 0 Å². The number of barbiturate groups is 1. The lowest BCUT2D eigenvalue weighted by atomic mass is 10.1. The predicted octanol–water partition coefficient (Wildman–Crippen LogP) is 2.20. The van der Waals surface area contributed by atoms with E-state index in [4.69, 9.17) is 16.7 Å². The minimum Gasteiger partial charge on any atom is -0.478 e. The Morgan fingerprint density at radius 3 is 2.30 bits per heavy atom. The SMILES string of the molecule is Cc1cc(C=C2C(=O)NC(=O)NC2=O)c(C)n1-c1ccc(C(=O)O)c(Cl)c1. The fourth-order valence-electron chi connectivity index (χ4n) is 2.91. The fraction of sp³-hybridized carbons (Fsp3) is 0.111.